The molecule has 1 fully saturated rings. The van der Waals surface area contributed by atoms with Crippen LogP contribution in [0.2, 0.25) is 0 Å². The lowest BCUT2D eigenvalue weighted by Gasteiger charge is -2.06. The van der Waals surface area contributed by atoms with Gasteiger partial charge in [-0.05, 0) is 19.8 Å². The standard InChI is InChI=1S/C10H12N6O2S/c1-6-4-13-8(5-12-6)9-14-15-10(19(11,17)18)16(9)7-2-3-7/h4-5,7H,2-3H2,1H3,(H2,11,17,18). The molecule has 1 aliphatic rings. The minimum atomic E-state index is -3.89. The quantitative estimate of drug-likeness (QED) is 0.847. The fraction of sp³-hybridized carbons (Fsp3) is 0.400. The Kier molecular flexibility index (Phi) is 2.61. The lowest BCUT2D eigenvalue weighted by Crippen LogP contribution is -2.18. The molecular formula is C10H12N6O2S. The SMILES string of the molecule is Cc1cnc(-c2nnc(S(N)(=O)=O)n2C2CC2)cn1. The number of aromatic nitrogens is 5. The summed E-state index contributed by atoms with van der Waals surface area (Å²) >= 11 is 0. The van der Waals surface area contributed by atoms with Gasteiger partial charge in [-0.25, -0.2) is 18.5 Å². The second-order valence-electron chi connectivity index (χ2n) is 4.50. The first kappa shape index (κ1) is 12.2. The summed E-state index contributed by atoms with van der Waals surface area (Å²) in [6.45, 7) is 1.82. The van der Waals surface area contributed by atoms with Crippen molar-refractivity contribution >= 4 is 10.0 Å². The van der Waals surface area contributed by atoms with Crippen LogP contribution in [0.3, 0.4) is 0 Å². The first-order valence-electron chi connectivity index (χ1n) is 5.73. The molecule has 1 saturated carbocycles. The molecule has 0 bridgehead atoms. The van der Waals surface area contributed by atoms with Crippen LogP contribution in [0.4, 0.5) is 0 Å². The molecule has 19 heavy (non-hydrogen) atoms. The van der Waals surface area contributed by atoms with Crippen molar-refractivity contribution in [2.45, 2.75) is 31.0 Å². The van der Waals surface area contributed by atoms with Crippen molar-refractivity contribution in [3.8, 4) is 11.5 Å². The Labute approximate surface area is 109 Å². The van der Waals surface area contributed by atoms with Crippen molar-refractivity contribution in [3.63, 3.8) is 0 Å². The largest absolute Gasteiger partial charge is 0.292 e. The Morgan fingerprint density at radius 2 is 2.00 bits per heavy atom. The van der Waals surface area contributed by atoms with E-state index >= 15 is 0 Å². The Hall–Kier alpha value is -1.87. The van der Waals surface area contributed by atoms with Gasteiger partial charge in [-0.3, -0.25) is 9.55 Å². The van der Waals surface area contributed by atoms with Crippen LogP contribution >= 0.6 is 0 Å². The lowest BCUT2D eigenvalue weighted by atomic mass is 10.4. The summed E-state index contributed by atoms with van der Waals surface area (Å²) in [5, 5.41) is 12.5. The number of nitrogens with two attached hydrogens (primary N) is 1. The van der Waals surface area contributed by atoms with Gasteiger partial charge in [0.1, 0.15) is 5.69 Å². The van der Waals surface area contributed by atoms with Crippen LogP contribution in [0, 0.1) is 6.92 Å². The van der Waals surface area contributed by atoms with Crippen LogP contribution < -0.4 is 5.14 Å². The van der Waals surface area contributed by atoms with Crippen molar-refractivity contribution in [1.82, 2.24) is 24.7 Å². The third kappa shape index (κ3) is 2.22. The molecule has 0 radical (unpaired) electrons. The normalized spacial score (nSPS) is 15.7. The molecule has 0 atom stereocenters. The zero-order valence-electron chi connectivity index (χ0n) is 10.2. The average Bonchev–Trinajstić information content (AvgIpc) is 3.07. The van der Waals surface area contributed by atoms with E-state index in [2.05, 4.69) is 20.2 Å². The smallest absolute Gasteiger partial charge is 0.273 e. The maximum atomic E-state index is 11.5. The molecule has 0 unspecified atom stereocenters. The van der Waals surface area contributed by atoms with E-state index in [-0.39, 0.29) is 11.2 Å². The molecule has 0 aromatic carbocycles. The van der Waals surface area contributed by atoms with E-state index in [1.54, 1.807) is 12.4 Å². The highest BCUT2D eigenvalue weighted by Crippen LogP contribution is 2.39. The molecule has 3 rings (SSSR count). The minimum Gasteiger partial charge on any atom is -0.292 e. The van der Waals surface area contributed by atoms with Gasteiger partial charge in [0.2, 0.25) is 0 Å². The first-order chi connectivity index (χ1) is 8.97. The van der Waals surface area contributed by atoms with Crippen LogP contribution in [0.1, 0.15) is 24.6 Å². The van der Waals surface area contributed by atoms with E-state index in [0.717, 1.165) is 18.5 Å². The van der Waals surface area contributed by atoms with E-state index < -0.39 is 10.0 Å². The maximum Gasteiger partial charge on any atom is 0.273 e. The maximum absolute atomic E-state index is 11.5. The number of rotatable bonds is 3. The first-order valence-corrected chi connectivity index (χ1v) is 7.28. The molecule has 0 amide bonds. The predicted molar refractivity (Wildman–Crippen MR) is 65.4 cm³/mol. The summed E-state index contributed by atoms with van der Waals surface area (Å²) in [6.07, 6.45) is 4.91. The van der Waals surface area contributed by atoms with E-state index in [0.29, 0.717) is 11.5 Å². The van der Waals surface area contributed by atoms with E-state index in [4.69, 9.17) is 5.14 Å². The molecule has 0 saturated heterocycles. The molecule has 9 heteroatoms. The number of sulfonamides is 1. The summed E-state index contributed by atoms with van der Waals surface area (Å²) < 4.78 is 24.5. The number of hydrogen-bond donors (Lipinski definition) is 1. The molecule has 0 aliphatic heterocycles. The molecular weight excluding hydrogens is 268 g/mol. The van der Waals surface area contributed by atoms with Gasteiger partial charge < -0.3 is 0 Å². The van der Waals surface area contributed by atoms with Crippen LogP contribution in [-0.4, -0.2) is 33.2 Å². The van der Waals surface area contributed by atoms with Crippen LogP contribution in [0.5, 0.6) is 0 Å². The summed E-state index contributed by atoms with van der Waals surface area (Å²) in [4.78, 5) is 8.32. The van der Waals surface area contributed by atoms with Gasteiger partial charge in [-0.2, -0.15) is 0 Å². The highest BCUT2D eigenvalue weighted by molar-refractivity contribution is 7.89. The van der Waals surface area contributed by atoms with Gasteiger partial charge >= 0.3 is 0 Å². The number of aryl methyl sites for hydroxylation is 1. The highest BCUT2D eigenvalue weighted by Gasteiger charge is 2.33. The Morgan fingerprint density at radius 1 is 1.26 bits per heavy atom. The Balaban J connectivity index is 2.17. The number of nitrogens with zero attached hydrogens (tertiary/aromatic N) is 5. The van der Waals surface area contributed by atoms with Gasteiger partial charge in [0.15, 0.2) is 5.82 Å². The third-order valence-corrected chi connectivity index (χ3v) is 3.63. The van der Waals surface area contributed by atoms with Gasteiger partial charge in [0.05, 0.1) is 11.9 Å². The van der Waals surface area contributed by atoms with Crippen molar-refractivity contribution in [2.75, 3.05) is 0 Å². The van der Waals surface area contributed by atoms with Crippen molar-refractivity contribution in [1.29, 1.82) is 0 Å². The number of primary sulfonamides is 1. The zero-order valence-corrected chi connectivity index (χ0v) is 11.0. The van der Waals surface area contributed by atoms with Crippen LogP contribution in [-0.2, 0) is 10.0 Å². The van der Waals surface area contributed by atoms with Crippen LogP contribution in [0.15, 0.2) is 17.6 Å². The molecule has 1 aliphatic carbocycles. The lowest BCUT2D eigenvalue weighted by molar-refractivity contribution is 0.567. The molecule has 0 spiro atoms. The number of hydrogen-bond acceptors (Lipinski definition) is 6. The summed E-state index contributed by atoms with van der Waals surface area (Å²) in [6, 6.07) is 0.0708. The molecule has 2 aromatic rings. The van der Waals surface area contributed by atoms with Gasteiger partial charge in [-0.15, -0.1) is 10.2 Å². The van der Waals surface area contributed by atoms with E-state index in [1.807, 2.05) is 6.92 Å². The van der Waals surface area contributed by atoms with Gasteiger partial charge in [-0.1, -0.05) is 0 Å². The summed E-state index contributed by atoms with van der Waals surface area (Å²) in [5.74, 6) is 0.388. The fourth-order valence-corrected chi connectivity index (χ4v) is 2.48. The van der Waals surface area contributed by atoms with Crippen molar-refractivity contribution < 1.29 is 8.42 Å². The van der Waals surface area contributed by atoms with Crippen molar-refractivity contribution in [2.24, 2.45) is 5.14 Å². The van der Waals surface area contributed by atoms with Gasteiger partial charge in [0.25, 0.3) is 15.2 Å². The average molecular weight is 280 g/mol. The summed E-state index contributed by atoms with van der Waals surface area (Å²) in [5.41, 5.74) is 1.26. The summed E-state index contributed by atoms with van der Waals surface area (Å²) in [7, 11) is -3.89. The topological polar surface area (TPSA) is 117 Å². The van der Waals surface area contributed by atoms with Gasteiger partial charge in [0, 0.05) is 12.2 Å². The van der Waals surface area contributed by atoms with E-state index in [9.17, 15) is 8.42 Å². The Bertz CT molecular complexity index is 717. The minimum absolute atomic E-state index is 0.0708. The second-order valence-corrected chi connectivity index (χ2v) is 5.95. The third-order valence-electron chi connectivity index (χ3n) is 2.84. The van der Waals surface area contributed by atoms with E-state index in [1.165, 1.54) is 4.57 Å². The fourth-order valence-electron chi connectivity index (χ4n) is 1.82. The second kappa shape index (κ2) is 4.07. The van der Waals surface area contributed by atoms with Crippen LogP contribution in [0.25, 0.3) is 11.5 Å². The molecule has 2 N–H and O–H groups in total. The molecule has 100 valence electrons. The molecule has 2 aromatic heterocycles. The molecule has 2 heterocycles. The monoisotopic (exact) mass is 280 g/mol. The zero-order chi connectivity index (χ0) is 13.6. The predicted octanol–water partition coefficient (Wildman–Crippen LogP) is 0.0258. The molecule has 8 nitrogen and oxygen atoms in total. The highest BCUT2D eigenvalue weighted by atomic mass is 32.2. The van der Waals surface area contributed by atoms with Crippen molar-refractivity contribution in [3.05, 3.63) is 18.1 Å². The Morgan fingerprint density at radius 3 is 2.53 bits per heavy atom.